The molecule has 8 rings (SSSR count). The van der Waals surface area contributed by atoms with Crippen LogP contribution < -0.4 is 16.0 Å². The van der Waals surface area contributed by atoms with Crippen LogP contribution in [0.25, 0.3) is 0 Å². The molecular weight excluding hydrogens is 1420 g/mol. The number of ether oxygens (including phenoxy) is 1. The Hall–Kier alpha value is -8.78. The van der Waals surface area contributed by atoms with Crippen LogP contribution in [0.4, 0.5) is 35.1 Å². The van der Waals surface area contributed by atoms with Crippen LogP contribution in [0.1, 0.15) is 146 Å². The standard InChI is InChI=1S/C74H100F8N12O13/c1-11-43(3)61-69(104)87(6)42-59(97)89(8)53-23-14-13-17-34-93(68(53)103)56(37-45-24-27-48(28-25-45)73(77,78)79)66(101)86(5)41-57(95)83-52(29-26-46-35-50(75)60(51(76)36-46)74(80,81)82)65(100)94-40-49(107-12-2)38-54(94)64(99)85-72(30-20-31-72)71(106)91(10)62(47-21-15-16-22-47)70(105)90(9)55(67(102)92-32-18-19-33-92)39-58(96)88(7)44(4)63(98)84-61/h13-14,24-25,27-28,35-36,43-44,47,49,52-56,61-62H,11-12,15-23,26,29-34,37-42H2,1-10H3,(H,83,95)(H,84,98)(H,85,99)/b14-13-/t43-,44-,49+,52-,53-,54-,55-,56-,61-,62-/m0/s1. The summed E-state index contributed by atoms with van der Waals surface area (Å²) in [7, 11) is 7.82. The minimum Gasteiger partial charge on any atom is -0.377 e. The van der Waals surface area contributed by atoms with Crippen LogP contribution in [0.3, 0.4) is 0 Å². The van der Waals surface area contributed by atoms with Gasteiger partial charge in [0.15, 0.2) is 0 Å². The van der Waals surface area contributed by atoms with Crippen molar-refractivity contribution in [2.24, 2.45) is 11.8 Å². The van der Waals surface area contributed by atoms with Crippen LogP contribution in [-0.2, 0) is 87.5 Å². The number of benzene rings is 2. The molecule has 2 aromatic carbocycles. The first-order valence-electron chi connectivity index (χ1n) is 36.7. The van der Waals surface area contributed by atoms with Gasteiger partial charge in [-0.2, -0.15) is 26.3 Å². The van der Waals surface area contributed by atoms with E-state index in [1.165, 1.54) is 52.0 Å². The lowest BCUT2D eigenvalue weighted by Crippen LogP contribution is -2.68. The number of carbonyl (C=O) groups excluding carboxylic acids is 12. The van der Waals surface area contributed by atoms with Crippen molar-refractivity contribution >= 4 is 70.9 Å². The van der Waals surface area contributed by atoms with Crippen LogP contribution >= 0.6 is 0 Å². The third-order valence-corrected chi connectivity index (χ3v) is 22.2. The molecule has 10 atom stereocenters. The van der Waals surface area contributed by atoms with E-state index in [0.717, 1.165) is 65.6 Å². The average Bonchev–Trinajstić information content (AvgIpc) is 1.71. The van der Waals surface area contributed by atoms with E-state index in [1.807, 2.05) is 0 Å². The Labute approximate surface area is 617 Å². The fourth-order valence-corrected chi connectivity index (χ4v) is 15.2. The Morgan fingerprint density at radius 1 is 0.654 bits per heavy atom. The van der Waals surface area contributed by atoms with Crippen LogP contribution in [0, 0.1) is 23.5 Å². The van der Waals surface area contributed by atoms with Crippen molar-refractivity contribution in [2.75, 3.05) is 88.2 Å². The molecule has 1 spiro atoms. The number of likely N-dealkylation sites (N-methyl/N-ethyl adjacent to an activating group) is 6. The zero-order valence-corrected chi connectivity index (χ0v) is 62.3. The molecule has 25 nitrogen and oxygen atoms in total. The second kappa shape index (κ2) is 35.5. The van der Waals surface area contributed by atoms with Gasteiger partial charge in [-0.3, -0.25) is 57.5 Å². The Balaban J connectivity index is 1.21. The Bertz CT molecular complexity index is 3640. The molecule has 4 heterocycles. The number of hydrogen-bond acceptors (Lipinski definition) is 13. The highest BCUT2D eigenvalue weighted by Gasteiger charge is 2.54. The van der Waals surface area contributed by atoms with E-state index in [1.54, 1.807) is 32.9 Å². The van der Waals surface area contributed by atoms with Gasteiger partial charge >= 0.3 is 12.4 Å². The second-order valence-electron chi connectivity index (χ2n) is 29.3. The molecule has 6 aliphatic rings. The molecule has 107 heavy (non-hydrogen) atoms. The monoisotopic (exact) mass is 1520 g/mol. The molecule has 0 unspecified atom stereocenters. The number of rotatable bonds is 11. The molecule has 33 heteroatoms. The first-order valence-corrected chi connectivity index (χ1v) is 36.7. The van der Waals surface area contributed by atoms with Crippen LogP contribution in [0.2, 0.25) is 0 Å². The van der Waals surface area contributed by atoms with Gasteiger partial charge in [0, 0.05) is 87.9 Å². The molecule has 4 aliphatic heterocycles. The quantitative estimate of drug-likeness (QED) is 0.192. The molecule has 3 N–H and O–H groups in total. The minimum atomic E-state index is -5.46. The summed E-state index contributed by atoms with van der Waals surface area (Å²) in [6, 6.07) is -7.24. The number of fused-ring (bicyclic) bond motifs is 3. The van der Waals surface area contributed by atoms with E-state index in [9.17, 15) is 55.1 Å². The number of carbonyl (C=O) groups is 12. The van der Waals surface area contributed by atoms with Crippen molar-refractivity contribution in [2.45, 2.75) is 209 Å². The van der Waals surface area contributed by atoms with Gasteiger partial charge in [-0.15, -0.1) is 0 Å². The zero-order valence-electron chi connectivity index (χ0n) is 62.3. The van der Waals surface area contributed by atoms with Gasteiger partial charge in [0.05, 0.1) is 31.2 Å². The number of hydrogen-bond donors (Lipinski definition) is 3. The maximum Gasteiger partial charge on any atom is 0.422 e. The van der Waals surface area contributed by atoms with Crippen molar-refractivity contribution in [1.82, 2.24) is 60.0 Å². The summed E-state index contributed by atoms with van der Waals surface area (Å²) >= 11 is 0. The smallest absolute Gasteiger partial charge is 0.377 e. The molecule has 12 amide bonds. The van der Waals surface area contributed by atoms with Crippen LogP contribution in [0.5, 0.6) is 0 Å². The van der Waals surface area contributed by atoms with E-state index in [4.69, 9.17) is 4.74 Å². The summed E-state index contributed by atoms with van der Waals surface area (Å²) in [4.78, 5) is 190. The Kier molecular flexibility index (Phi) is 27.8. The van der Waals surface area contributed by atoms with E-state index in [2.05, 4.69) is 16.0 Å². The highest BCUT2D eigenvalue weighted by Crippen LogP contribution is 2.40. The predicted octanol–water partition coefficient (Wildman–Crippen LogP) is 5.25. The molecule has 0 radical (unpaired) electrons. The maximum atomic E-state index is 15.5. The van der Waals surface area contributed by atoms with E-state index in [0.29, 0.717) is 76.6 Å². The fraction of sp³-hybridized carbons (Fsp3) is 0.649. The normalized spacial score (nSPS) is 27.0. The van der Waals surface area contributed by atoms with Gasteiger partial charge in [0.1, 0.15) is 71.1 Å². The van der Waals surface area contributed by atoms with Crippen molar-refractivity contribution in [3.63, 3.8) is 0 Å². The van der Waals surface area contributed by atoms with Gasteiger partial charge in [-0.25, -0.2) is 8.78 Å². The molecule has 2 saturated carbocycles. The van der Waals surface area contributed by atoms with Gasteiger partial charge in [-0.05, 0) is 132 Å². The highest BCUT2D eigenvalue weighted by molar-refractivity contribution is 6.01. The van der Waals surface area contributed by atoms with E-state index in [-0.39, 0.29) is 57.4 Å². The molecule has 590 valence electrons. The topological polar surface area (TPSA) is 279 Å². The van der Waals surface area contributed by atoms with Crippen LogP contribution in [0.15, 0.2) is 48.6 Å². The molecule has 0 aromatic heterocycles. The SMILES string of the molecule is CCO[C@@H]1C[C@H]2C(=O)NC3(CCC3)C(=O)N(C)[C@@H](C3CCCC3)C(=O)N(C)[C@H](C(=O)N3CCCC3)CC(=O)N(C)[C@@H](C)C(=O)N[C@@H]([C@@H](C)CC)C(=O)N(C)CC(=O)N(C)[C@H]3C/C=C\CCN(C3=O)[C@@H](Cc3ccc(C(F)(F)F)cc3)C(=O)N(C)CC(=O)N[C@@H](CCc3cc(F)c(C(F)(F)F)c(F)c3)C(=O)N2C1. The lowest BCUT2D eigenvalue weighted by molar-refractivity contribution is -0.158. The van der Waals surface area contributed by atoms with Gasteiger partial charge < -0.3 is 64.8 Å². The van der Waals surface area contributed by atoms with Crippen molar-refractivity contribution in [3.8, 4) is 0 Å². The molecule has 2 aromatic rings. The van der Waals surface area contributed by atoms with Crippen molar-refractivity contribution < 1.29 is 97.4 Å². The second-order valence-corrected chi connectivity index (χ2v) is 29.3. The number of nitrogens with one attached hydrogen (secondary N) is 3. The summed E-state index contributed by atoms with van der Waals surface area (Å²) in [5.74, 6) is -15.0. The van der Waals surface area contributed by atoms with Gasteiger partial charge in [0.25, 0.3) is 0 Å². The molecular formula is C74H100F8N12O13. The van der Waals surface area contributed by atoms with Gasteiger partial charge in [-0.1, -0.05) is 57.4 Å². The molecule has 3 saturated heterocycles. The minimum absolute atomic E-state index is 0.0428. The van der Waals surface area contributed by atoms with Crippen molar-refractivity contribution in [1.29, 1.82) is 0 Å². The lowest BCUT2D eigenvalue weighted by Gasteiger charge is -2.46. The number of halogens is 8. The third kappa shape index (κ3) is 19.6. The van der Waals surface area contributed by atoms with Gasteiger partial charge in [0.2, 0.25) is 70.9 Å². The number of nitrogens with zero attached hydrogens (tertiary/aromatic N) is 9. The summed E-state index contributed by atoms with van der Waals surface area (Å²) in [5, 5.41) is 8.20. The average molecular weight is 1520 g/mol. The highest BCUT2D eigenvalue weighted by atomic mass is 19.4. The largest absolute Gasteiger partial charge is 0.422 e. The molecule has 2 bridgehead atoms. The summed E-state index contributed by atoms with van der Waals surface area (Å²) in [5.41, 5.74) is -5.23. The maximum absolute atomic E-state index is 15.5. The predicted molar refractivity (Wildman–Crippen MR) is 372 cm³/mol. The van der Waals surface area contributed by atoms with Crippen molar-refractivity contribution in [3.05, 3.63) is 82.4 Å². The Morgan fingerprint density at radius 3 is 1.86 bits per heavy atom. The fourth-order valence-electron chi connectivity index (χ4n) is 15.2. The number of amides is 12. The molecule has 2 aliphatic carbocycles. The Morgan fingerprint density at radius 2 is 1.28 bits per heavy atom. The third-order valence-electron chi connectivity index (χ3n) is 22.2. The van der Waals surface area contributed by atoms with E-state index < -0.39 is 222 Å². The number of alkyl halides is 6. The lowest BCUT2D eigenvalue weighted by atomic mass is 9.74. The number of aryl methyl sites for hydroxylation is 1. The first kappa shape index (κ1) is 83.9. The summed E-state index contributed by atoms with van der Waals surface area (Å²) < 4.78 is 120. The molecule has 5 fully saturated rings. The van der Waals surface area contributed by atoms with E-state index >= 15 is 37.5 Å². The van der Waals surface area contributed by atoms with Crippen LogP contribution in [-0.4, -0.2) is 263 Å². The number of likely N-dealkylation sites (tertiary alicyclic amines) is 1. The first-order chi connectivity index (χ1) is 50.3. The summed E-state index contributed by atoms with van der Waals surface area (Å²) in [6.07, 6.45) is -6.08. The summed E-state index contributed by atoms with van der Waals surface area (Å²) in [6.45, 7) is 4.95. The zero-order chi connectivity index (χ0) is 78.9.